The van der Waals surface area contributed by atoms with E-state index in [4.69, 9.17) is 4.74 Å². The van der Waals surface area contributed by atoms with E-state index in [0.717, 1.165) is 42.4 Å². The Morgan fingerprint density at radius 1 is 0.923 bits per heavy atom. The molecule has 1 atom stereocenters. The average Bonchev–Trinajstić information content (AvgIpc) is 3.43. The summed E-state index contributed by atoms with van der Waals surface area (Å²) >= 11 is 0. The Morgan fingerprint density at radius 3 is 2.21 bits per heavy atom. The quantitative estimate of drug-likeness (QED) is 0.334. The number of carbonyl (C=O) groups excluding carboxylic acids is 2. The van der Waals surface area contributed by atoms with Gasteiger partial charge in [-0.05, 0) is 59.6 Å². The highest BCUT2D eigenvalue weighted by Crippen LogP contribution is 2.25. The van der Waals surface area contributed by atoms with Gasteiger partial charge in [0.05, 0.1) is 0 Å². The predicted octanol–water partition coefficient (Wildman–Crippen LogP) is 6.37. The van der Waals surface area contributed by atoms with Crippen molar-refractivity contribution in [2.45, 2.75) is 83.8 Å². The molecule has 1 aliphatic carbocycles. The SMILES string of the molecule is Cc1ccccc1CN(C(=O)COc1ccc(C(C)(C)C)cc1)C(Cc1ccccc1)C(=O)NC1CCCC1. The minimum atomic E-state index is -0.646. The number of hydrogen-bond acceptors (Lipinski definition) is 3. The number of benzene rings is 3. The van der Waals surface area contributed by atoms with Gasteiger partial charge in [-0.1, -0.05) is 100 Å². The first-order valence-corrected chi connectivity index (χ1v) is 14.1. The summed E-state index contributed by atoms with van der Waals surface area (Å²) in [7, 11) is 0. The van der Waals surface area contributed by atoms with Crippen molar-refractivity contribution in [3.05, 3.63) is 101 Å². The van der Waals surface area contributed by atoms with E-state index in [1.165, 1.54) is 5.56 Å². The number of rotatable bonds is 10. The first kappa shape index (κ1) is 28.4. The molecule has 0 aromatic heterocycles. The maximum Gasteiger partial charge on any atom is 0.261 e. The molecule has 0 heterocycles. The molecule has 206 valence electrons. The minimum Gasteiger partial charge on any atom is -0.484 e. The normalized spacial score (nSPS) is 14.6. The lowest BCUT2D eigenvalue weighted by Gasteiger charge is -2.32. The highest BCUT2D eigenvalue weighted by Gasteiger charge is 2.32. The van der Waals surface area contributed by atoms with Crippen LogP contribution in [0.3, 0.4) is 0 Å². The molecular formula is C34H42N2O3. The Bertz CT molecular complexity index is 1230. The van der Waals surface area contributed by atoms with Gasteiger partial charge in [-0.2, -0.15) is 0 Å². The molecule has 1 saturated carbocycles. The van der Waals surface area contributed by atoms with Gasteiger partial charge in [0, 0.05) is 19.0 Å². The van der Waals surface area contributed by atoms with Gasteiger partial charge < -0.3 is 15.0 Å². The number of aryl methyl sites for hydroxylation is 1. The largest absolute Gasteiger partial charge is 0.484 e. The minimum absolute atomic E-state index is 0.0377. The van der Waals surface area contributed by atoms with Gasteiger partial charge in [-0.25, -0.2) is 0 Å². The summed E-state index contributed by atoms with van der Waals surface area (Å²) in [5.41, 5.74) is 4.37. The fraction of sp³-hybridized carbons (Fsp3) is 0.412. The number of nitrogens with zero attached hydrogens (tertiary/aromatic N) is 1. The van der Waals surface area contributed by atoms with E-state index in [2.05, 4.69) is 26.1 Å². The molecule has 0 aliphatic heterocycles. The van der Waals surface area contributed by atoms with Crippen LogP contribution in [0, 0.1) is 6.92 Å². The summed E-state index contributed by atoms with van der Waals surface area (Å²) < 4.78 is 5.98. The molecule has 0 bridgehead atoms. The summed E-state index contributed by atoms with van der Waals surface area (Å²) in [4.78, 5) is 29.3. The molecule has 1 unspecified atom stereocenters. The molecule has 1 N–H and O–H groups in total. The molecule has 2 amide bonds. The van der Waals surface area contributed by atoms with E-state index in [1.807, 2.05) is 85.8 Å². The molecule has 0 spiro atoms. The van der Waals surface area contributed by atoms with Gasteiger partial charge in [-0.3, -0.25) is 9.59 Å². The van der Waals surface area contributed by atoms with Crippen LogP contribution in [0.25, 0.3) is 0 Å². The van der Waals surface area contributed by atoms with E-state index in [1.54, 1.807) is 4.90 Å². The number of hydrogen-bond donors (Lipinski definition) is 1. The van der Waals surface area contributed by atoms with Gasteiger partial charge in [0.2, 0.25) is 5.91 Å². The van der Waals surface area contributed by atoms with Gasteiger partial charge in [0.15, 0.2) is 6.61 Å². The highest BCUT2D eigenvalue weighted by atomic mass is 16.5. The molecule has 5 heteroatoms. The zero-order chi connectivity index (χ0) is 27.8. The molecule has 4 rings (SSSR count). The lowest BCUT2D eigenvalue weighted by molar-refractivity contribution is -0.143. The summed E-state index contributed by atoms with van der Waals surface area (Å²) in [6.07, 6.45) is 4.67. The van der Waals surface area contributed by atoms with Crippen molar-refractivity contribution in [1.82, 2.24) is 10.2 Å². The zero-order valence-electron chi connectivity index (χ0n) is 23.8. The first-order chi connectivity index (χ1) is 18.7. The van der Waals surface area contributed by atoms with Crippen LogP contribution in [0.2, 0.25) is 0 Å². The van der Waals surface area contributed by atoms with Crippen LogP contribution in [-0.4, -0.2) is 35.4 Å². The van der Waals surface area contributed by atoms with Gasteiger partial charge >= 0.3 is 0 Å². The van der Waals surface area contributed by atoms with Crippen LogP contribution >= 0.6 is 0 Å². The zero-order valence-corrected chi connectivity index (χ0v) is 23.8. The molecule has 3 aromatic carbocycles. The van der Waals surface area contributed by atoms with Crippen LogP contribution in [0.1, 0.15) is 68.7 Å². The molecule has 0 saturated heterocycles. The van der Waals surface area contributed by atoms with Crippen LogP contribution in [0.15, 0.2) is 78.9 Å². The van der Waals surface area contributed by atoms with E-state index in [-0.39, 0.29) is 29.9 Å². The standard InChI is InChI=1S/C34H42N2O3/c1-25-12-8-9-15-27(25)23-36(32(37)24-39-30-20-18-28(19-21-30)34(2,3)4)31(22-26-13-6-5-7-14-26)33(38)35-29-16-10-11-17-29/h5-9,12-15,18-21,29,31H,10-11,16-17,22-24H2,1-4H3,(H,35,38). The topological polar surface area (TPSA) is 58.6 Å². The maximum absolute atomic E-state index is 13.9. The van der Waals surface area contributed by atoms with E-state index in [0.29, 0.717) is 18.7 Å². The molecular weight excluding hydrogens is 484 g/mol. The second-order valence-electron chi connectivity index (χ2n) is 11.7. The number of amides is 2. The van der Waals surface area contributed by atoms with Crippen LogP contribution < -0.4 is 10.1 Å². The third-order valence-corrected chi connectivity index (χ3v) is 7.66. The van der Waals surface area contributed by atoms with Gasteiger partial charge in [0.1, 0.15) is 11.8 Å². The smallest absolute Gasteiger partial charge is 0.261 e. The molecule has 39 heavy (non-hydrogen) atoms. The Hall–Kier alpha value is -3.60. The Kier molecular flexibility index (Phi) is 9.45. The summed E-state index contributed by atoms with van der Waals surface area (Å²) in [6, 6.07) is 25.4. The Balaban J connectivity index is 1.59. The second kappa shape index (κ2) is 13.0. The fourth-order valence-electron chi connectivity index (χ4n) is 5.17. The molecule has 3 aromatic rings. The monoisotopic (exact) mass is 526 g/mol. The molecule has 0 radical (unpaired) electrons. The summed E-state index contributed by atoms with van der Waals surface area (Å²) in [5.74, 6) is 0.338. The molecule has 1 fully saturated rings. The van der Waals surface area contributed by atoms with Crippen molar-refractivity contribution >= 4 is 11.8 Å². The van der Waals surface area contributed by atoms with Crippen LogP contribution in [0.4, 0.5) is 0 Å². The highest BCUT2D eigenvalue weighted by molar-refractivity contribution is 5.88. The second-order valence-corrected chi connectivity index (χ2v) is 11.7. The number of carbonyl (C=O) groups is 2. The Labute approximate surface area is 233 Å². The Morgan fingerprint density at radius 2 is 1.56 bits per heavy atom. The van der Waals surface area contributed by atoms with Crippen LogP contribution in [-0.2, 0) is 28.0 Å². The van der Waals surface area contributed by atoms with Crippen molar-refractivity contribution in [3.8, 4) is 5.75 Å². The van der Waals surface area contributed by atoms with Crippen molar-refractivity contribution in [2.24, 2.45) is 0 Å². The van der Waals surface area contributed by atoms with E-state index in [9.17, 15) is 9.59 Å². The maximum atomic E-state index is 13.9. The lowest BCUT2D eigenvalue weighted by Crippen LogP contribution is -2.53. The summed E-state index contributed by atoms with van der Waals surface area (Å²) in [5, 5.41) is 3.26. The molecule has 5 nitrogen and oxygen atoms in total. The summed E-state index contributed by atoms with van der Waals surface area (Å²) in [6.45, 7) is 8.74. The lowest BCUT2D eigenvalue weighted by atomic mass is 9.87. The first-order valence-electron chi connectivity index (χ1n) is 14.1. The van der Waals surface area contributed by atoms with Crippen molar-refractivity contribution < 1.29 is 14.3 Å². The van der Waals surface area contributed by atoms with E-state index >= 15 is 0 Å². The third kappa shape index (κ3) is 7.95. The van der Waals surface area contributed by atoms with Gasteiger partial charge in [-0.15, -0.1) is 0 Å². The molecule has 1 aliphatic rings. The predicted molar refractivity (Wildman–Crippen MR) is 157 cm³/mol. The number of nitrogens with one attached hydrogen (secondary N) is 1. The van der Waals surface area contributed by atoms with Crippen molar-refractivity contribution in [1.29, 1.82) is 0 Å². The van der Waals surface area contributed by atoms with Crippen molar-refractivity contribution in [3.63, 3.8) is 0 Å². The number of ether oxygens (including phenoxy) is 1. The fourth-order valence-corrected chi connectivity index (χ4v) is 5.17. The average molecular weight is 527 g/mol. The van der Waals surface area contributed by atoms with Crippen molar-refractivity contribution in [2.75, 3.05) is 6.61 Å². The van der Waals surface area contributed by atoms with Gasteiger partial charge in [0.25, 0.3) is 5.91 Å². The third-order valence-electron chi connectivity index (χ3n) is 7.66. The van der Waals surface area contributed by atoms with Crippen LogP contribution in [0.5, 0.6) is 5.75 Å². The van der Waals surface area contributed by atoms with E-state index < -0.39 is 6.04 Å².